The van der Waals surface area contributed by atoms with Gasteiger partial charge in [-0.2, -0.15) is 4.98 Å². The highest BCUT2D eigenvalue weighted by atomic mass is 16.5. The van der Waals surface area contributed by atoms with Crippen LogP contribution >= 0.6 is 0 Å². The summed E-state index contributed by atoms with van der Waals surface area (Å²) in [5.41, 5.74) is 5.96. The van der Waals surface area contributed by atoms with E-state index in [1.165, 1.54) is 12.8 Å². The fourth-order valence-electron chi connectivity index (χ4n) is 1.54. The first-order chi connectivity index (χ1) is 7.31. The standard InChI is InChI=1S/C10H17N3O2/c1-14-6-2-3-8-12-10(13-15-8)9(11)7-4-5-7/h7,9H,2-6,11H2,1H3. The first kappa shape index (κ1) is 10.6. The van der Waals surface area contributed by atoms with Crippen LogP contribution in [0.3, 0.4) is 0 Å². The molecule has 0 amide bonds. The Balaban J connectivity index is 1.85. The minimum atomic E-state index is -0.0371. The molecule has 0 aromatic carbocycles. The van der Waals surface area contributed by atoms with E-state index in [2.05, 4.69) is 10.1 Å². The summed E-state index contributed by atoms with van der Waals surface area (Å²) in [5.74, 6) is 1.89. The number of rotatable bonds is 6. The van der Waals surface area contributed by atoms with Gasteiger partial charge >= 0.3 is 0 Å². The lowest BCUT2D eigenvalue weighted by molar-refractivity contribution is 0.192. The van der Waals surface area contributed by atoms with E-state index in [0.29, 0.717) is 24.2 Å². The van der Waals surface area contributed by atoms with Crippen molar-refractivity contribution in [2.75, 3.05) is 13.7 Å². The van der Waals surface area contributed by atoms with Gasteiger partial charge in [-0.15, -0.1) is 0 Å². The van der Waals surface area contributed by atoms with Crippen molar-refractivity contribution in [2.24, 2.45) is 11.7 Å². The zero-order valence-electron chi connectivity index (χ0n) is 8.98. The van der Waals surface area contributed by atoms with Crippen LogP contribution in [0.2, 0.25) is 0 Å². The normalized spacial score (nSPS) is 18.0. The second-order valence-corrected chi connectivity index (χ2v) is 4.01. The second-order valence-electron chi connectivity index (χ2n) is 4.01. The fraction of sp³-hybridized carbons (Fsp3) is 0.800. The molecule has 1 saturated carbocycles. The van der Waals surface area contributed by atoms with Crippen LogP contribution in [0.5, 0.6) is 0 Å². The van der Waals surface area contributed by atoms with Gasteiger partial charge in [-0.05, 0) is 25.2 Å². The van der Waals surface area contributed by atoms with Crippen LogP contribution in [0.25, 0.3) is 0 Å². The quantitative estimate of drug-likeness (QED) is 0.712. The molecule has 1 atom stereocenters. The summed E-state index contributed by atoms with van der Waals surface area (Å²) in [6.45, 7) is 0.715. The summed E-state index contributed by atoms with van der Waals surface area (Å²) in [6, 6.07) is -0.0371. The zero-order chi connectivity index (χ0) is 10.7. The summed E-state index contributed by atoms with van der Waals surface area (Å²) in [7, 11) is 1.68. The molecule has 0 saturated heterocycles. The number of aryl methyl sites for hydroxylation is 1. The SMILES string of the molecule is COCCCc1nc(C(N)C2CC2)no1. The average molecular weight is 211 g/mol. The third-order valence-corrected chi connectivity index (χ3v) is 2.65. The molecule has 2 rings (SSSR count). The van der Waals surface area contributed by atoms with Gasteiger partial charge in [-0.25, -0.2) is 0 Å². The summed E-state index contributed by atoms with van der Waals surface area (Å²) < 4.78 is 10.1. The number of methoxy groups -OCH3 is 1. The molecule has 0 radical (unpaired) electrons. The number of hydrogen-bond acceptors (Lipinski definition) is 5. The van der Waals surface area contributed by atoms with E-state index in [1.54, 1.807) is 7.11 Å². The number of nitrogens with zero attached hydrogens (tertiary/aromatic N) is 2. The number of ether oxygens (including phenoxy) is 1. The van der Waals surface area contributed by atoms with Gasteiger partial charge in [0.2, 0.25) is 5.89 Å². The summed E-state index contributed by atoms with van der Waals surface area (Å²) in [6.07, 6.45) is 4.04. The van der Waals surface area contributed by atoms with Gasteiger partial charge < -0.3 is 15.0 Å². The predicted molar refractivity (Wildman–Crippen MR) is 54.1 cm³/mol. The molecular weight excluding hydrogens is 194 g/mol. The van der Waals surface area contributed by atoms with E-state index < -0.39 is 0 Å². The molecule has 15 heavy (non-hydrogen) atoms. The molecule has 1 aromatic rings. The molecule has 1 fully saturated rings. The topological polar surface area (TPSA) is 74.2 Å². The Hall–Kier alpha value is -0.940. The maximum atomic E-state index is 5.96. The Bertz CT molecular complexity index is 309. The highest BCUT2D eigenvalue weighted by Crippen LogP contribution is 2.38. The smallest absolute Gasteiger partial charge is 0.226 e. The highest BCUT2D eigenvalue weighted by Gasteiger charge is 2.32. The third kappa shape index (κ3) is 2.76. The molecule has 0 bridgehead atoms. The molecule has 84 valence electrons. The average Bonchev–Trinajstić information content (AvgIpc) is 2.98. The maximum absolute atomic E-state index is 5.96. The van der Waals surface area contributed by atoms with E-state index in [-0.39, 0.29) is 6.04 Å². The minimum Gasteiger partial charge on any atom is -0.385 e. The molecule has 0 aliphatic heterocycles. The van der Waals surface area contributed by atoms with Crippen molar-refractivity contribution in [3.8, 4) is 0 Å². The van der Waals surface area contributed by atoms with Crippen molar-refractivity contribution < 1.29 is 9.26 Å². The molecule has 5 nitrogen and oxygen atoms in total. The van der Waals surface area contributed by atoms with E-state index in [9.17, 15) is 0 Å². The third-order valence-electron chi connectivity index (χ3n) is 2.65. The lowest BCUT2D eigenvalue weighted by Crippen LogP contribution is -2.14. The van der Waals surface area contributed by atoms with Crippen LogP contribution < -0.4 is 5.73 Å². The largest absolute Gasteiger partial charge is 0.385 e. The van der Waals surface area contributed by atoms with E-state index >= 15 is 0 Å². The first-order valence-corrected chi connectivity index (χ1v) is 5.38. The number of nitrogens with two attached hydrogens (primary N) is 1. The molecule has 1 heterocycles. The molecule has 1 aliphatic carbocycles. The lowest BCUT2D eigenvalue weighted by Gasteiger charge is -2.01. The van der Waals surface area contributed by atoms with Crippen molar-refractivity contribution in [3.63, 3.8) is 0 Å². The van der Waals surface area contributed by atoms with Crippen LogP contribution in [-0.2, 0) is 11.2 Å². The second kappa shape index (κ2) is 4.72. The van der Waals surface area contributed by atoms with Crippen molar-refractivity contribution in [3.05, 3.63) is 11.7 Å². The molecule has 5 heteroatoms. The molecule has 1 aliphatic rings. The summed E-state index contributed by atoms with van der Waals surface area (Å²) in [5, 5.41) is 3.90. The van der Waals surface area contributed by atoms with Crippen LogP contribution in [0.4, 0.5) is 0 Å². The molecule has 2 N–H and O–H groups in total. The van der Waals surface area contributed by atoms with Crippen molar-refractivity contribution in [1.29, 1.82) is 0 Å². The molecule has 1 unspecified atom stereocenters. The number of hydrogen-bond donors (Lipinski definition) is 1. The monoisotopic (exact) mass is 211 g/mol. The maximum Gasteiger partial charge on any atom is 0.226 e. The Kier molecular flexibility index (Phi) is 3.33. The van der Waals surface area contributed by atoms with Crippen LogP contribution in [0, 0.1) is 5.92 Å². The van der Waals surface area contributed by atoms with Gasteiger partial charge in [0, 0.05) is 20.1 Å². The van der Waals surface area contributed by atoms with Gasteiger partial charge in [0.05, 0.1) is 6.04 Å². The predicted octanol–water partition coefficient (Wildman–Crippen LogP) is 1.06. The van der Waals surface area contributed by atoms with E-state index in [0.717, 1.165) is 12.8 Å². The van der Waals surface area contributed by atoms with Crippen molar-refractivity contribution in [1.82, 2.24) is 10.1 Å². The van der Waals surface area contributed by atoms with E-state index in [4.69, 9.17) is 15.0 Å². The van der Waals surface area contributed by atoms with E-state index in [1.807, 2.05) is 0 Å². The van der Waals surface area contributed by atoms with Gasteiger partial charge in [0.25, 0.3) is 0 Å². The Morgan fingerprint density at radius 1 is 1.60 bits per heavy atom. The van der Waals surface area contributed by atoms with Gasteiger partial charge in [0.15, 0.2) is 5.82 Å². The summed E-state index contributed by atoms with van der Waals surface area (Å²) >= 11 is 0. The van der Waals surface area contributed by atoms with Crippen molar-refractivity contribution >= 4 is 0 Å². The Labute approximate surface area is 89.0 Å². The van der Waals surface area contributed by atoms with Crippen molar-refractivity contribution in [2.45, 2.75) is 31.7 Å². The first-order valence-electron chi connectivity index (χ1n) is 5.38. The Morgan fingerprint density at radius 2 is 2.40 bits per heavy atom. The lowest BCUT2D eigenvalue weighted by atomic mass is 10.2. The summed E-state index contributed by atoms with van der Waals surface area (Å²) in [4.78, 5) is 4.28. The van der Waals surface area contributed by atoms with Crippen LogP contribution in [-0.4, -0.2) is 23.9 Å². The molecular formula is C10H17N3O2. The van der Waals surface area contributed by atoms with Gasteiger partial charge in [-0.1, -0.05) is 5.16 Å². The van der Waals surface area contributed by atoms with Crippen LogP contribution in [0.15, 0.2) is 4.52 Å². The Morgan fingerprint density at radius 3 is 3.07 bits per heavy atom. The van der Waals surface area contributed by atoms with Crippen LogP contribution in [0.1, 0.15) is 37.0 Å². The van der Waals surface area contributed by atoms with Gasteiger partial charge in [0.1, 0.15) is 0 Å². The zero-order valence-corrected chi connectivity index (χ0v) is 8.98. The molecule has 0 spiro atoms. The fourth-order valence-corrected chi connectivity index (χ4v) is 1.54. The number of aromatic nitrogens is 2. The molecule has 1 aromatic heterocycles. The highest BCUT2D eigenvalue weighted by molar-refractivity contribution is 4.99. The minimum absolute atomic E-state index is 0.0371. The van der Waals surface area contributed by atoms with Gasteiger partial charge in [-0.3, -0.25) is 0 Å².